The fraction of sp³-hybridized carbons (Fsp3) is 0.700. The van der Waals surface area contributed by atoms with Gasteiger partial charge < -0.3 is 5.11 Å². The van der Waals surface area contributed by atoms with Gasteiger partial charge in [0.15, 0.2) is 0 Å². The summed E-state index contributed by atoms with van der Waals surface area (Å²) in [6.07, 6.45) is 3.85. The molecule has 1 aromatic rings. The van der Waals surface area contributed by atoms with Gasteiger partial charge in [-0.05, 0) is 25.3 Å². The van der Waals surface area contributed by atoms with Crippen LogP contribution in [0.25, 0.3) is 0 Å². The zero-order chi connectivity index (χ0) is 10.1. The Bertz CT molecular complexity index is 271. The molecule has 3 heteroatoms. The predicted molar refractivity (Wildman–Crippen MR) is 52.6 cm³/mol. The Balaban J connectivity index is 2.70. The molecule has 0 atom stereocenters. The van der Waals surface area contributed by atoms with Crippen LogP contribution in [0.3, 0.4) is 0 Å². The van der Waals surface area contributed by atoms with Gasteiger partial charge in [-0.3, -0.25) is 4.68 Å². The quantitative estimate of drug-likeness (QED) is 0.773. The van der Waals surface area contributed by atoms with Crippen molar-refractivity contribution in [2.45, 2.75) is 45.8 Å². The molecule has 1 heterocycles. The zero-order valence-corrected chi connectivity index (χ0v) is 8.78. The highest BCUT2D eigenvalue weighted by Crippen LogP contribution is 2.13. The van der Waals surface area contributed by atoms with Crippen LogP contribution in [0.5, 0.6) is 0 Å². The molecule has 0 unspecified atom stereocenters. The van der Waals surface area contributed by atoms with E-state index >= 15 is 0 Å². The van der Waals surface area contributed by atoms with Crippen molar-refractivity contribution in [2.75, 3.05) is 0 Å². The maximum atomic E-state index is 9.56. The zero-order valence-electron chi connectivity index (χ0n) is 8.78. The monoisotopic (exact) mass is 182 g/mol. The lowest BCUT2D eigenvalue weighted by atomic mass is 10.1. The second kappa shape index (κ2) is 3.50. The fourth-order valence-corrected chi connectivity index (χ4v) is 1.16. The summed E-state index contributed by atoms with van der Waals surface area (Å²) in [5.74, 6) is 0.496. The third-order valence-electron chi connectivity index (χ3n) is 1.87. The minimum Gasteiger partial charge on any atom is -0.389 e. The van der Waals surface area contributed by atoms with E-state index in [1.807, 2.05) is 12.4 Å². The summed E-state index contributed by atoms with van der Waals surface area (Å²) in [7, 11) is 0. The molecule has 1 N–H and O–H groups in total. The number of hydrogen-bond acceptors (Lipinski definition) is 2. The lowest BCUT2D eigenvalue weighted by Gasteiger charge is -2.16. The van der Waals surface area contributed by atoms with Crippen molar-refractivity contribution in [2.24, 2.45) is 0 Å². The van der Waals surface area contributed by atoms with Crippen LogP contribution in [0.2, 0.25) is 0 Å². The van der Waals surface area contributed by atoms with Gasteiger partial charge in [0.1, 0.15) is 0 Å². The van der Waals surface area contributed by atoms with Crippen molar-refractivity contribution in [3.63, 3.8) is 0 Å². The van der Waals surface area contributed by atoms with Gasteiger partial charge >= 0.3 is 0 Å². The summed E-state index contributed by atoms with van der Waals surface area (Å²) in [6, 6.07) is 0. The van der Waals surface area contributed by atoms with Crippen LogP contribution < -0.4 is 0 Å². The first-order valence-electron chi connectivity index (χ1n) is 4.63. The Morgan fingerprint density at radius 1 is 1.54 bits per heavy atom. The van der Waals surface area contributed by atoms with E-state index in [0.717, 1.165) is 0 Å². The first-order valence-corrected chi connectivity index (χ1v) is 4.63. The summed E-state index contributed by atoms with van der Waals surface area (Å²) in [6.45, 7) is 8.37. The van der Waals surface area contributed by atoms with E-state index in [1.54, 1.807) is 18.5 Å². The molecule has 0 fully saturated rings. The molecule has 0 aliphatic heterocycles. The number of hydrogen-bond donors (Lipinski definition) is 1. The summed E-state index contributed by atoms with van der Waals surface area (Å²) in [5, 5.41) is 13.7. The van der Waals surface area contributed by atoms with Crippen molar-refractivity contribution in [1.29, 1.82) is 0 Å². The van der Waals surface area contributed by atoms with Gasteiger partial charge in [0.05, 0.1) is 18.3 Å². The van der Waals surface area contributed by atoms with Gasteiger partial charge in [-0.1, -0.05) is 13.8 Å². The van der Waals surface area contributed by atoms with Gasteiger partial charge in [-0.25, -0.2) is 0 Å². The standard InChI is InChI=1S/C10H18N2O/c1-8(2)9-5-11-12(6-9)7-10(3,4)13/h5-6,8,13H,7H2,1-4H3. The first kappa shape index (κ1) is 10.3. The molecule has 0 saturated heterocycles. The Labute approximate surface area is 79.4 Å². The normalized spacial score (nSPS) is 12.5. The molecular weight excluding hydrogens is 164 g/mol. The Hall–Kier alpha value is -0.830. The van der Waals surface area contributed by atoms with Crippen molar-refractivity contribution >= 4 is 0 Å². The molecule has 3 nitrogen and oxygen atoms in total. The Morgan fingerprint density at radius 3 is 2.54 bits per heavy atom. The van der Waals surface area contributed by atoms with Crippen molar-refractivity contribution in [3.8, 4) is 0 Å². The molecular formula is C10H18N2O. The number of rotatable bonds is 3. The highest BCUT2D eigenvalue weighted by molar-refractivity contribution is 5.08. The van der Waals surface area contributed by atoms with Crippen LogP contribution in [-0.2, 0) is 6.54 Å². The van der Waals surface area contributed by atoms with E-state index < -0.39 is 5.60 Å². The Morgan fingerprint density at radius 2 is 2.15 bits per heavy atom. The lowest BCUT2D eigenvalue weighted by Crippen LogP contribution is -2.26. The van der Waals surface area contributed by atoms with Crippen molar-refractivity contribution < 1.29 is 5.11 Å². The summed E-state index contributed by atoms with van der Waals surface area (Å²) >= 11 is 0. The molecule has 1 rings (SSSR count). The minimum absolute atomic E-state index is 0.496. The molecule has 0 saturated carbocycles. The summed E-state index contributed by atoms with van der Waals surface area (Å²) < 4.78 is 1.79. The van der Waals surface area contributed by atoms with Crippen molar-refractivity contribution in [3.05, 3.63) is 18.0 Å². The first-order chi connectivity index (χ1) is 5.88. The minimum atomic E-state index is -0.694. The molecule has 0 aliphatic rings. The number of aliphatic hydroxyl groups is 1. The predicted octanol–water partition coefficient (Wildman–Crippen LogP) is 1.78. The van der Waals surface area contributed by atoms with Crippen LogP contribution in [0, 0.1) is 0 Å². The Kier molecular flexibility index (Phi) is 2.76. The highest BCUT2D eigenvalue weighted by atomic mass is 16.3. The van der Waals surface area contributed by atoms with E-state index in [9.17, 15) is 5.11 Å². The molecule has 13 heavy (non-hydrogen) atoms. The van der Waals surface area contributed by atoms with Crippen LogP contribution in [0.15, 0.2) is 12.4 Å². The van der Waals surface area contributed by atoms with Gasteiger partial charge in [0.25, 0.3) is 0 Å². The molecule has 0 amide bonds. The summed E-state index contributed by atoms with van der Waals surface area (Å²) in [4.78, 5) is 0. The SMILES string of the molecule is CC(C)c1cnn(CC(C)(C)O)c1. The van der Waals surface area contributed by atoms with Crippen LogP contribution in [0.1, 0.15) is 39.2 Å². The topological polar surface area (TPSA) is 38.0 Å². The second-order valence-electron chi connectivity index (χ2n) is 4.44. The van der Waals surface area contributed by atoms with E-state index in [1.165, 1.54) is 5.56 Å². The van der Waals surface area contributed by atoms with Gasteiger partial charge in [0, 0.05) is 6.20 Å². The molecule has 1 aromatic heterocycles. The average Bonchev–Trinajstić information content (AvgIpc) is 2.31. The van der Waals surface area contributed by atoms with Crippen LogP contribution in [0.4, 0.5) is 0 Å². The highest BCUT2D eigenvalue weighted by Gasteiger charge is 2.14. The van der Waals surface area contributed by atoms with Gasteiger partial charge in [-0.15, -0.1) is 0 Å². The maximum Gasteiger partial charge on any atom is 0.0786 e. The summed E-state index contributed by atoms with van der Waals surface area (Å²) in [5.41, 5.74) is 0.518. The molecule has 74 valence electrons. The smallest absolute Gasteiger partial charge is 0.0786 e. The van der Waals surface area contributed by atoms with E-state index in [4.69, 9.17) is 0 Å². The number of aromatic nitrogens is 2. The van der Waals surface area contributed by atoms with Gasteiger partial charge in [-0.2, -0.15) is 5.10 Å². The van der Waals surface area contributed by atoms with E-state index in [-0.39, 0.29) is 0 Å². The lowest BCUT2D eigenvalue weighted by molar-refractivity contribution is 0.0577. The van der Waals surface area contributed by atoms with Crippen molar-refractivity contribution in [1.82, 2.24) is 9.78 Å². The molecule has 0 bridgehead atoms. The third kappa shape index (κ3) is 3.19. The molecule has 0 aliphatic carbocycles. The van der Waals surface area contributed by atoms with E-state index in [0.29, 0.717) is 12.5 Å². The molecule has 0 spiro atoms. The molecule has 0 radical (unpaired) electrons. The fourth-order valence-electron chi connectivity index (χ4n) is 1.16. The molecule has 0 aromatic carbocycles. The average molecular weight is 182 g/mol. The third-order valence-corrected chi connectivity index (χ3v) is 1.87. The largest absolute Gasteiger partial charge is 0.389 e. The maximum absolute atomic E-state index is 9.56. The second-order valence-corrected chi connectivity index (χ2v) is 4.44. The van der Waals surface area contributed by atoms with E-state index in [2.05, 4.69) is 18.9 Å². The number of nitrogens with zero attached hydrogens (tertiary/aromatic N) is 2. The van der Waals surface area contributed by atoms with Crippen LogP contribution in [-0.4, -0.2) is 20.5 Å². The van der Waals surface area contributed by atoms with Gasteiger partial charge in [0.2, 0.25) is 0 Å². The van der Waals surface area contributed by atoms with Crippen LogP contribution >= 0.6 is 0 Å².